The van der Waals surface area contributed by atoms with Crippen LogP contribution in [0.25, 0.3) is 0 Å². The Hall–Kier alpha value is -2.49. The molecule has 0 saturated carbocycles. The van der Waals surface area contributed by atoms with Crippen molar-refractivity contribution in [2.75, 3.05) is 0 Å². The van der Waals surface area contributed by atoms with Gasteiger partial charge in [0.2, 0.25) is 5.78 Å². The molecule has 1 N–H and O–H groups in total. The fourth-order valence-electron chi connectivity index (χ4n) is 1.81. The van der Waals surface area contributed by atoms with Gasteiger partial charge in [0.15, 0.2) is 0 Å². The van der Waals surface area contributed by atoms with Gasteiger partial charge in [0, 0.05) is 11.1 Å². The third-order valence-electron chi connectivity index (χ3n) is 2.82. The van der Waals surface area contributed by atoms with Gasteiger partial charge in [-0.25, -0.2) is 9.18 Å². The van der Waals surface area contributed by atoms with Crippen molar-refractivity contribution in [3.05, 3.63) is 71.8 Å². The van der Waals surface area contributed by atoms with Gasteiger partial charge in [0.25, 0.3) is 5.67 Å². The largest absolute Gasteiger partial charge is 0.478 e. The van der Waals surface area contributed by atoms with Crippen LogP contribution in [0, 0.1) is 0 Å². The van der Waals surface area contributed by atoms with Crippen LogP contribution in [0.5, 0.6) is 0 Å². The summed E-state index contributed by atoms with van der Waals surface area (Å²) < 4.78 is 14.8. The number of Topliss-reactive ketones (excluding diaryl/α,β-unsaturated/α-hetero) is 1. The van der Waals surface area contributed by atoms with E-state index in [4.69, 9.17) is 5.11 Å². The molecule has 96 valence electrons. The van der Waals surface area contributed by atoms with Crippen LogP contribution >= 0.6 is 0 Å². The number of carboxylic acid groups (broad SMARTS) is 1. The number of hydrogen-bond acceptors (Lipinski definition) is 2. The van der Waals surface area contributed by atoms with Gasteiger partial charge in [-0.15, -0.1) is 0 Å². The topological polar surface area (TPSA) is 54.4 Å². The first-order valence-electron chi connectivity index (χ1n) is 5.64. The number of carbonyl (C=O) groups is 2. The predicted octanol–water partition coefficient (Wildman–Crippen LogP) is 2.82. The van der Waals surface area contributed by atoms with Crippen molar-refractivity contribution in [2.24, 2.45) is 0 Å². The summed E-state index contributed by atoms with van der Waals surface area (Å²) in [5.41, 5.74) is -3.23. The molecule has 0 spiro atoms. The lowest BCUT2D eigenvalue weighted by molar-refractivity contribution is -0.148. The molecule has 0 aromatic heterocycles. The minimum absolute atomic E-state index is 0.0243. The molecule has 0 saturated heterocycles. The van der Waals surface area contributed by atoms with E-state index >= 15 is 0 Å². The van der Waals surface area contributed by atoms with Crippen molar-refractivity contribution in [1.82, 2.24) is 0 Å². The summed E-state index contributed by atoms with van der Waals surface area (Å²) in [4.78, 5) is 23.4. The molecule has 0 heterocycles. The number of benzene rings is 2. The van der Waals surface area contributed by atoms with Gasteiger partial charge >= 0.3 is 5.97 Å². The second-order valence-electron chi connectivity index (χ2n) is 4.02. The maximum absolute atomic E-state index is 14.8. The first-order chi connectivity index (χ1) is 9.06. The molecule has 1 atom stereocenters. The number of halogens is 1. The van der Waals surface area contributed by atoms with Gasteiger partial charge in [0.1, 0.15) is 0 Å². The van der Waals surface area contributed by atoms with Gasteiger partial charge in [-0.2, -0.15) is 0 Å². The highest BCUT2D eigenvalue weighted by atomic mass is 19.1. The molecule has 0 fully saturated rings. The first kappa shape index (κ1) is 13.0. The van der Waals surface area contributed by atoms with Crippen molar-refractivity contribution in [3.8, 4) is 0 Å². The van der Waals surface area contributed by atoms with E-state index in [1.165, 1.54) is 36.4 Å². The zero-order chi connectivity index (χ0) is 13.9. The third kappa shape index (κ3) is 2.25. The van der Waals surface area contributed by atoms with Crippen LogP contribution in [-0.2, 0) is 10.5 Å². The average molecular weight is 258 g/mol. The SMILES string of the molecule is O=C(O)C(F)(C(=O)c1ccccc1)c1ccccc1. The van der Waals surface area contributed by atoms with Crippen LogP contribution in [0.3, 0.4) is 0 Å². The Labute approximate surface area is 109 Å². The summed E-state index contributed by atoms with van der Waals surface area (Å²) >= 11 is 0. The smallest absolute Gasteiger partial charge is 0.354 e. The molecule has 19 heavy (non-hydrogen) atoms. The summed E-state index contributed by atoms with van der Waals surface area (Å²) in [7, 11) is 0. The number of aliphatic carboxylic acids is 1. The van der Waals surface area contributed by atoms with E-state index < -0.39 is 17.4 Å². The Morgan fingerprint density at radius 1 is 0.895 bits per heavy atom. The second kappa shape index (κ2) is 5.02. The van der Waals surface area contributed by atoms with E-state index in [1.807, 2.05) is 0 Å². The van der Waals surface area contributed by atoms with Crippen LogP contribution in [0.15, 0.2) is 60.7 Å². The summed E-state index contributed by atoms with van der Waals surface area (Å²) in [6.07, 6.45) is 0. The van der Waals surface area contributed by atoms with Crippen LogP contribution in [0.2, 0.25) is 0 Å². The second-order valence-corrected chi connectivity index (χ2v) is 4.02. The Morgan fingerprint density at radius 3 is 1.84 bits per heavy atom. The van der Waals surface area contributed by atoms with Crippen LogP contribution in [-0.4, -0.2) is 16.9 Å². The van der Waals surface area contributed by atoms with Crippen molar-refractivity contribution in [2.45, 2.75) is 5.67 Å². The summed E-state index contributed by atoms with van der Waals surface area (Å²) in [6, 6.07) is 14.7. The number of carboxylic acids is 1. The lowest BCUT2D eigenvalue weighted by Gasteiger charge is -2.19. The zero-order valence-corrected chi connectivity index (χ0v) is 9.92. The van der Waals surface area contributed by atoms with E-state index in [0.29, 0.717) is 0 Å². The van der Waals surface area contributed by atoms with Gasteiger partial charge in [-0.1, -0.05) is 60.7 Å². The molecule has 2 rings (SSSR count). The summed E-state index contributed by atoms with van der Waals surface area (Å²) in [5, 5.41) is 9.12. The lowest BCUT2D eigenvalue weighted by Crippen LogP contribution is -2.39. The van der Waals surface area contributed by atoms with E-state index in [9.17, 15) is 14.0 Å². The van der Waals surface area contributed by atoms with E-state index in [2.05, 4.69) is 0 Å². The highest BCUT2D eigenvalue weighted by Crippen LogP contribution is 2.30. The minimum Gasteiger partial charge on any atom is -0.478 e. The third-order valence-corrected chi connectivity index (χ3v) is 2.82. The molecule has 1 unspecified atom stereocenters. The normalized spacial score (nSPS) is 13.5. The van der Waals surface area contributed by atoms with Gasteiger partial charge in [0.05, 0.1) is 0 Å². The van der Waals surface area contributed by atoms with Crippen molar-refractivity contribution in [1.29, 1.82) is 0 Å². The Balaban J connectivity index is 2.53. The fraction of sp³-hybridized carbons (Fsp3) is 0.0667. The number of carbonyl (C=O) groups excluding carboxylic acids is 1. The van der Waals surface area contributed by atoms with Crippen LogP contribution in [0.1, 0.15) is 15.9 Å². The Morgan fingerprint density at radius 2 is 1.37 bits per heavy atom. The molecular formula is C15H11FO3. The van der Waals surface area contributed by atoms with Gasteiger partial charge in [-0.3, -0.25) is 4.79 Å². The number of hydrogen-bond donors (Lipinski definition) is 1. The number of ketones is 1. The molecule has 0 amide bonds. The Bertz CT molecular complexity index is 595. The standard InChI is InChI=1S/C15H11FO3/c16-15(14(18)19,12-9-5-2-6-10-12)13(17)11-7-3-1-4-8-11/h1-10H,(H,18,19). The summed E-state index contributed by atoms with van der Waals surface area (Å²) in [6.45, 7) is 0. The molecule has 0 radical (unpaired) electrons. The van der Waals surface area contributed by atoms with E-state index in [-0.39, 0.29) is 11.1 Å². The van der Waals surface area contributed by atoms with Crippen molar-refractivity contribution >= 4 is 11.8 Å². The molecule has 2 aromatic rings. The maximum Gasteiger partial charge on any atom is 0.354 e. The monoisotopic (exact) mass is 258 g/mol. The predicted molar refractivity (Wildman–Crippen MR) is 67.6 cm³/mol. The molecule has 0 aliphatic heterocycles. The molecule has 0 aliphatic carbocycles. The lowest BCUT2D eigenvalue weighted by atomic mass is 9.87. The van der Waals surface area contributed by atoms with Crippen molar-refractivity contribution in [3.63, 3.8) is 0 Å². The molecular weight excluding hydrogens is 247 g/mol. The zero-order valence-electron chi connectivity index (χ0n) is 9.92. The molecule has 2 aromatic carbocycles. The van der Waals surface area contributed by atoms with E-state index in [0.717, 1.165) is 0 Å². The number of rotatable bonds is 4. The highest BCUT2D eigenvalue weighted by molar-refractivity contribution is 6.15. The maximum atomic E-state index is 14.8. The highest BCUT2D eigenvalue weighted by Gasteiger charge is 2.48. The van der Waals surface area contributed by atoms with Crippen molar-refractivity contribution < 1.29 is 19.1 Å². The van der Waals surface area contributed by atoms with Gasteiger partial charge < -0.3 is 5.11 Å². The Kier molecular flexibility index (Phi) is 3.42. The molecule has 0 aliphatic rings. The number of alkyl halides is 1. The van der Waals surface area contributed by atoms with Gasteiger partial charge in [-0.05, 0) is 0 Å². The molecule has 0 bridgehead atoms. The molecule has 3 nitrogen and oxygen atoms in total. The minimum atomic E-state index is -3.07. The van der Waals surface area contributed by atoms with E-state index in [1.54, 1.807) is 24.3 Å². The summed E-state index contributed by atoms with van der Waals surface area (Å²) in [5.74, 6) is -2.89. The van der Waals surface area contributed by atoms with Crippen LogP contribution < -0.4 is 0 Å². The fourth-order valence-corrected chi connectivity index (χ4v) is 1.81. The first-order valence-corrected chi connectivity index (χ1v) is 5.64. The quantitative estimate of drug-likeness (QED) is 0.677. The average Bonchev–Trinajstić information content (AvgIpc) is 2.47. The van der Waals surface area contributed by atoms with Crippen LogP contribution in [0.4, 0.5) is 4.39 Å². The molecule has 4 heteroatoms.